The largest absolute Gasteiger partial charge is 0.301 e. The third-order valence-corrected chi connectivity index (χ3v) is 8.92. The van der Waals surface area contributed by atoms with Crippen LogP contribution in [0.1, 0.15) is 12.8 Å². The Morgan fingerprint density at radius 1 is 1.27 bits per heavy atom. The summed E-state index contributed by atoms with van der Waals surface area (Å²) in [6.45, 7) is 0.222. The van der Waals surface area contributed by atoms with E-state index in [0.717, 1.165) is 34.8 Å². The molecule has 0 aliphatic carbocycles. The molecule has 158 valence electrons. The maximum Gasteiger partial charge on any atom is 0.253 e. The summed E-state index contributed by atoms with van der Waals surface area (Å²) >= 11 is 7.85. The van der Waals surface area contributed by atoms with Gasteiger partial charge in [0.05, 0.1) is 10.0 Å². The molecule has 6 nitrogen and oxygen atoms in total. The van der Waals surface area contributed by atoms with Gasteiger partial charge >= 0.3 is 0 Å². The fraction of sp³-hybridized carbons (Fsp3) is 0.222. The smallest absolute Gasteiger partial charge is 0.253 e. The van der Waals surface area contributed by atoms with Crippen molar-refractivity contribution in [1.29, 1.82) is 0 Å². The zero-order chi connectivity index (χ0) is 21.5. The van der Waals surface area contributed by atoms with E-state index < -0.39 is 33.6 Å². The summed E-state index contributed by atoms with van der Waals surface area (Å²) in [7, 11) is -3.85. The molecule has 12 heteroatoms. The van der Waals surface area contributed by atoms with Crippen LogP contribution in [0.15, 0.2) is 39.9 Å². The van der Waals surface area contributed by atoms with E-state index >= 15 is 0 Å². The Morgan fingerprint density at radius 3 is 2.77 bits per heavy atom. The lowest BCUT2D eigenvalue weighted by Gasteiger charge is -2.22. The summed E-state index contributed by atoms with van der Waals surface area (Å²) in [4.78, 5) is 16.9. The highest BCUT2D eigenvalue weighted by Gasteiger charge is 2.40. The summed E-state index contributed by atoms with van der Waals surface area (Å²) in [6, 6.07) is 5.17. The quantitative estimate of drug-likeness (QED) is 0.568. The lowest BCUT2D eigenvalue weighted by molar-refractivity contribution is -0.119. The topological polar surface area (TPSA) is 79.4 Å². The molecule has 4 rings (SSSR count). The average Bonchev–Trinajstić information content (AvgIpc) is 3.42. The van der Waals surface area contributed by atoms with Crippen molar-refractivity contribution in [2.24, 2.45) is 0 Å². The van der Waals surface area contributed by atoms with E-state index in [-0.39, 0.29) is 27.1 Å². The summed E-state index contributed by atoms with van der Waals surface area (Å²) in [5.74, 6) is -1.98. The fourth-order valence-corrected chi connectivity index (χ4v) is 7.16. The Kier molecular flexibility index (Phi) is 5.90. The number of nitrogens with zero attached hydrogens (tertiary/aromatic N) is 2. The second-order valence-electron chi connectivity index (χ2n) is 6.48. The van der Waals surface area contributed by atoms with Crippen LogP contribution in [-0.4, -0.2) is 36.2 Å². The van der Waals surface area contributed by atoms with Gasteiger partial charge in [-0.05, 0) is 37.1 Å². The molecule has 1 atom stereocenters. The molecule has 1 aliphatic rings. The van der Waals surface area contributed by atoms with E-state index in [1.54, 1.807) is 0 Å². The van der Waals surface area contributed by atoms with Crippen molar-refractivity contribution < 1.29 is 22.0 Å². The number of carbonyl (C=O) groups is 1. The minimum absolute atomic E-state index is 0.0792. The van der Waals surface area contributed by atoms with Gasteiger partial charge in [0.1, 0.15) is 21.9 Å². The molecule has 0 bridgehead atoms. The summed E-state index contributed by atoms with van der Waals surface area (Å²) in [5, 5.41) is 4.33. The van der Waals surface area contributed by atoms with Crippen molar-refractivity contribution in [1.82, 2.24) is 9.29 Å². The third-order valence-electron chi connectivity index (χ3n) is 4.56. The van der Waals surface area contributed by atoms with Gasteiger partial charge in [0.2, 0.25) is 5.91 Å². The van der Waals surface area contributed by atoms with Gasteiger partial charge in [-0.2, -0.15) is 4.31 Å². The number of thiazole rings is 1. The highest BCUT2D eigenvalue weighted by atomic mass is 35.5. The van der Waals surface area contributed by atoms with Gasteiger partial charge in [-0.15, -0.1) is 22.7 Å². The summed E-state index contributed by atoms with van der Waals surface area (Å²) in [5.41, 5.74) is 0.352. The first-order valence-corrected chi connectivity index (χ1v) is 12.3. The summed E-state index contributed by atoms with van der Waals surface area (Å²) < 4.78 is 54.4. The van der Waals surface area contributed by atoms with Gasteiger partial charge in [0.15, 0.2) is 5.13 Å². The Labute approximate surface area is 184 Å². The molecule has 0 spiro atoms. The van der Waals surface area contributed by atoms with E-state index in [2.05, 4.69) is 10.3 Å². The van der Waals surface area contributed by atoms with Gasteiger partial charge in [-0.3, -0.25) is 4.79 Å². The van der Waals surface area contributed by atoms with Crippen molar-refractivity contribution in [2.75, 3.05) is 11.9 Å². The summed E-state index contributed by atoms with van der Waals surface area (Å²) in [6.07, 6.45) is 0.912. The number of hydrogen-bond acceptors (Lipinski definition) is 6. The minimum atomic E-state index is -3.85. The van der Waals surface area contributed by atoms with E-state index in [1.807, 2.05) is 0 Å². The average molecular weight is 490 g/mol. The van der Waals surface area contributed by atoms with Crippen molar-refractivity contribution in [3.8, 4) is 11.3 Å². The van der Waals surface area contributed by atoms with Crippen LogP contribution in [0, 0.1) is 11.6 Å². The number of hydrogen-bond donors (Lipinski definition) is 1. The molecule has 1 saturated heterocycles. The second kappa shape index (κ2) is 8.31. The Bertz CT molecular complexity index is 1210. The fourth-order valence-electron chi connectivity index (χ4n) is 3.18. The van der Waals surface area contributed by atoms with E-state index in [1.165, 1.54) is 27.9 Å². The molecule has 3 aromatic rings. The van der Waals surface area contributed by atoms with E-state index in [4.69, 9.17) is 11.6 Å². The molecule has 0 saturated carbocycles. The first-order valence-electron chi connectivity index (χ1n) is 8.75. The van der Waals surface area contributed by atoms with Crippen molar-refractivity contribution in [3.63, 3.8) is 0 Å². The van der Waals surface area contributed by atoms with Crippen LogP contribution in [-0.2, 0) is 14.8 Å². The molecule has 1 aliphatic heterocycles. The monoisotopic (exact) mass is 489 g/mol. The molecule has 1 N–H and O–H groups in total. The third kappa shape index (κ3) is 4.12. The predicted molar refractivity (Wildman–Crippen MR) is 112 cm³/mol. The number of aromatic nitrogens is 1. The number of halogens is 3. The second-order valence-corrected chi connectivity index (χ2v) is 11.2. The Hall–Kier alpha value is -1.92. The molecule has 1 aromatic carbocycles. The highest BCUT2D eigenvalue weighted by Crippen LogP contribution is 2.33. The van der Waals surface area contributed by atoms with Crippen LogP contribution in [0.3, 0.4) is 0 Å². The molecule has 30 heavy (non-hydrogen) atoms. The standard InChI is InChI=1S/C18H14ClF2N3O3S3/c19-15-5-6-16(29-15)30(26,27)24-7-1-2-14(24)17(25)23-18-22-13(9-28-18)11-4-3-10(20)8-12(11)21/h3-6,8-9,14H,1-2,7H2,(H,22,23,25). The van der Waals surface area contributed by atoms with E-state index in [0.29, 0.717) is 17.2 Å². The number of thiophene rings is 1. The Balaban J connectivity index is 1.52. The van der Waals surface area contributed by atoms with Crippen molar-refractivity contribution >= 4 is 55.3 Å². The van der Waals surface area contributed by atoms with Crippen LogP contribution in [0.25, 0.3) is 11.3 Å². The zero-order valence-corrected chi connectivity index (χ0v) is 18.3. The van der Waals surface area contributed by atoms with Gasteiger partial charge in [0.25, 0.3) is 10.0 Å². The number of carbonyl (C=O) groups excluding carboxylic acids is 1. The first-order chi connectivity index (χ1) is 14.3. The molecule has 1 fully saturated rings. The molecule has 1 amide bonds. The lowest BCUT2D eigenvalue weighted by Crippen LogP contribution is -2.42. The molecule has 2 aromatic heterocycles. The van der Waals surface area contributed by atoms with Crippen molar-refractivity contribution in [3.05, 3.63) is 51.7 Å². The van der Waals surface area contributed by atoms with Crippen LogP contribution >= 0.6 is 34.3 Å². The predicted octanol–water partition coefficient (Wildman–Crippen LogP) is 4.60. The van der Waals surface area contributed by atoms with Gasteiger partial charge < -0.3 is 5.32 Å². The molecular formula is C18H14ClF2N3O3S3. The lowest BCUT2D eigenvalue weighted by atomic mass is 10.1. The number of nitrogens with one attached hydrogen (secondary N) is 1. The number of anilines is 1. The van der Waals surface area contributed by atoms with E-state index in [9.17, 15) is 22.0 Å². The maximum absolute atomic E-state index is 14.0. The first kappa shape index (κ1) is 21.3. The normalized spacial score (nSPS) is 17.4. The van der Waals surface area contributed by atoms with Crippen LogP contribution in [0.5, 0.6) is 0 Å². The molecule has 1 unspecified atom stereocenters. The molecule has 3 heterocycles. The minimum Gasteiger partial charge on any atom is -0.301 e. The zero-order valence-electron chi connectivity index (χ0n) is 15.1. The van der Waals surface area contributed by atoms with Crippen LogP contribution in [0.2, 0.25) is 4.34 Å². The van der Waals surface area contributed by atoms with Crippen LogP contribution < -0.4 is 5.32 Å². The number of sulfonamides is 1. The number of rotatable bonds is 5. The van der Waals surface area contributed by atoms with Crippen molar-refractivity contribution in [2.45, 2.75) is 23.1 Å². The number of amides is 1. The van der Waals surface area contributed by atoms with Crippen LogP contribution in [0.4, 0.5) is 13.9 Å². The highest BCUT2D eigenvalue weighted by molar-refractivity contribution is 7.91. The van der Waals surface area contributed by atoms with Gasteiger partial charge in [0, 0.05) is 23.6 Å². The maximum atomic E-state index is 14.0. The van der Waals surface area contributed by atoms with Gasteiger partial charge in [-0.25, -0.2) is 22.2 Å². The van der Waals surface area contributed by atoms with Gasteiger partial charge in [-0.1, -0.05) is 11.6 Å². The molecule has 0 radical (unpaired) electrons. The molecular weight excluding hydrogens is 476 g/mol. The Morgan fingerprint density at radius 2 is 2.07 bits per heavy atom. The SMILES string of the molecule is O=C(Nc1nc(-c2ccc(F)cc2F)cs1)C1CCCN1S(=O)(=O)c1ccc(Cl)s1. The number of benzene rings is 1.